The summed E-state index contributed by atoms with van der Waals surface area (Å²) < 4.78 is 27.8. The van der Waals surface area contributed by atoms with Crippen LogP contribution in [0.1, 0.15) is 19.8 Å². The zero-order valence-electron chi connectivity index (χ0n) is 12.8. The molecule has 1 heterocycles. The molecule has 1 fully saturated rings. The molecule has 3 rings (SSSR count). The van der Waals surface area contributed by atoms with Gasteiger partial charge < -0.3 is 5.32 Å². The van der Waals surface area contributed by atoms with Gasteiger partial charge >= 0.3 is 0 Å². The summed E-state index contributed by atoms with van der Waals surface area (Å²) in [5, 5.41) is 5.28. The van der Waals surface area contributed by atoms with Gasteiger partial charge in [0.25, 0.3) is 0 Å². The Morgan fingerprint density at radius 1 is 1.18 bits per heavy atom. The summed E-state index contributed by atoms with van der Waals surface area (Å²) in [5.74, 6) is 0. The number of fused-ring (bicyclic) bond motifs is 1. The Kier molecular flexibility index (Phi) is 4.47. The molecule has 0 saturated carbocycles. The number of nitrogens with one attached hydrogen (secondary N) is 1. The second-order valence-electron chi connectivity index (χ2n) is 5.77. The van der Waals surface area contributed by atoms with Crippen LogP contribution in [0.2, 0.25) is 0 Å². The van der Waals surface area contributed by atoms with Crippen molar-refractivity contribution < 1.29 is 8.42 Å². The molecule has 2 aromatic carbocycles. The summed E-state index contributed by atoms with van der Waals surface area (Å²) in [6.07, 6.45) is 1.70. The maximum absolute atomic E-state index is 13.1. The molecule has 1 atom stereocenters. The van der Waals surface area contributed by atoms with Gasteiger partial charge in [0.15, 0.2) is 0 Å². The number of sulfonamides is 1. The highest BCUT2D eigenvalue weighted by atomic mass is 32.2. The van der Waals surface area contributed by atoms with E-state index in [9.17, 15) is 8.42 Å². The second-order valence-corrected chi connectivity index (χ2v) is 7.66. The van der Waals surface area contributed by atoms with Gasteiger partial charge in [-0.2, -0.15) is 4.31 Å². The van der Waals surface area contributed by atoms with Gasteiger partial charge in [0.05, 0.1) is 4.90 Å². The van der Waals surface area contributed by atoms with Crippen molar-refractivity contribution in [3.8, 4) is 0 Å². The quantitative estimate of drug-likeness (QED) is 0.922. The first-order valence-electron chi connectivity index (χ1n) is 7.84. The predicted octanol–water partition coefficient (Wildman–Crippen LogP) is 2.60. The molecule has 0 spiro atoms. The van der Waals surface area contributed by atoms with E-state index in [4.69, 9.17) is 0 Å². The van der Waals surface area contributed by atoms with Crippen molar-refractivity contribution in [2.75, 3.05) is 19.6 Å². The van der Waals surface area contributed by atoms with Crippen LogP contribution in [0.5, 0.6) is 0 Å². The van der Waals surface area contributed by atoms with E-state index in [1.54, 1.807) is 16.4 Å². The number of benzene rings is 2. The fourth-order valence-corrected chi connectivity index (χ4v) is 4.85. The summed E-state index contributed by atoms with van der Waals surface area (Å²) in [6, 6.07) is 13.3. The molecular weight excluding hydrogens is 296 g/mol. The maximum atomic E-state index is 13.1. The van der Waals surface area contributed by atoms with Gasteiger partial charge in [-0.25, -0.2) is 8.42 Å². The molecule has 1 saturated heterocycles. The molecule has 2 aromatic rings. The average molecular weight is 318 g/mol. The van der Waals surface area contributed by atoms with E-state index in [-0.39, 0.29) is 6.04 Å². The molecular formula is C17H22N2O2S. The molecule has 4 nitrogen and oxygen atoms in total. The zero-order chi connectivity index (χ0) is 15.6. The van der Waals surface area contributed by atoms with Crippen LogP contribution in [0.25, 0.3) is 10.8 Å². The molecule has 0 aliphatic carbocycles. The molecule has 0 amide bonds. The average Bonchev–Trinajstić information content (AvgIpc) is 3.06. The fraction of sp³-hybridized carbons (Fsp3) is 0.412. The van der Waals surface area contributed by atoms with Crippen LogP contribution < -0.4 is 5.32 Å². The highest BCUT2D eigenvalue weighted by Gasteiger charge is 2.32. The first-order valence-corrected chi connectivity index (χ1v) is 9.28. The summed E-state index contributed by atoms with van der Waals surface area (Å²) in [7, 11) is -3.44. The summed E-state index contributed by atoms with van der Waals surface area (Å²) in [6.45, 7) is 4.22. The summed E-state index contributed by atoms with van der Waals surface area (Å²) in [4.78, 5) is 0.395. The molecule has 5 heteroatoms. The Bertz CT molecular complexity index is 752. The van der Waals surface area contributed by atoms with E-state index >= 15 is 0 Å². The van der Waals surface area contributed by atoms with Crippen molar-refractivity contribution in [1.29, 1.82) is 0 Å². The standard InChI is InChI=1S/C17H22N2O2S/c1-2-11-19(16-9-10-18-13-16)22(20,21)17-8-7-14-5-3-4-6-15(14)12-17/h3-8,12,16,18H,2,9-11,13H2,1H3. The number of rotatable bonds is 5. The Balaban J connectivity index is 2.00. The lowest BCUT2D eigenvalue weighted by Gasteiger charge is -2.27. The number of nitrogens with zero attached hydrogens (tertiary/aromatic N) is 1. The van der Waals surface area contributed by atoms with Crippen LogP contribution in [0, 0.1) is 0 Å². The van der Waals surface area contributed by atoms with Gasteiger partial charge in [-0.05, 0) is 42.3 Å². The van der Waals surface area contributed by atoms with Crippen molar-refractivity contribution in [1.82, 2.24) is 9.62 Å². The first kappa shape index (κ1) is 15.5. The van der Waals surface area contributed by atoms with Crippen LogP contribution in [0.4, 0.5) is 0 Å². The Morgan fingerprint density at radius 2 is 1.95 bits per heavy atom. The van der Waals surface area contributed by atoms with E-state index < -0.39 is 10.0 Å². The van der Waals surface area contributed by atoms with Gasteiger partial charge in [-0.1, -0.05) is 37.3 Å². The zero-order valence-corrected chi connectivity index (χ0v) is 13.6. The third-order valence-electron chi connectivity index (χ3n) is 4.21. The van der Waals surface area contributed by atoms with Gasteiger partial charge in [-0.3, -0.25) is 0 Å². The monoisotopic (exact) mass is 318 g/mol. The van der Waals surface area contributed by atoms with Gasteiger partial charge in [0.1, 0.15) is 0 Å². The van der Waals surface area contributed by atoms with Crippen molar-refractivity contribution in [2.24, 2.45) is 0 Å². The first-order chi connectivity index (χ1) is 10.6. The van der Waals surface area contributed by atoms with E-state index in [0.29, 0.717) is 11.4 Å². The minimum atomic E-state index is -3.44. The Morgan fingerprint density at radius 3 is 2.64 bits per heavy atom. The van der Waals surface area contributed by atoms with Crippen LogP contribution in [0.15, 0.2) is 47.4 Å². The van der Waals surface area contributed by atoms with Crippen LogP contribution in [0.3, 0.4) is 0 Å². The molecule has 0 bridgehead atoms. The smallest absolute Gasteiger partial charge is 0.243 e. The van der Waals surface area contributed by atoms with Gasteiger partial charge in [0.2, 0.25) is 10.0 Å². The van der Waals surface area contributed by atoms with Crippen LogP contribution in [-0.4, -0.2) is 38.4 Å². The molecule has 22 heavy (non-hydrogen) atoms. The number of hydrogen-bond donors (Lipinski definition) is 1. The SMILES string of the molecule is CCCN(C1CCNC1)S(=O)(=O)c1ccc2ccccc2c1. The predicted molar refractivity (Wildman–Crippen MR) is 89.4 cm³/mol. The van der Waals surface area contributed by atoms with Gasteiger partial charge in [-0.15, -0.1) is 0 Å². The molecule has 1 aliphatic heterocycles. The van der Waals surface area contributed by atoms with Crippen molar-refractivity contribution in [3.63, 3.8) is 0 Å². The van der Waals surface area contributed by atoms with Crippen LogP contribution >= 0.6 is 0 Å². The fourth-order valence-electron chi connectivity index (χ4n) is 3.07. The number of hydrogen-bond acceptors (Lipinski definition) is 3. The Hall–Kier alpha value is -1.43. The molecule has 1 N–H and O–H groups in total. The molecule has 0 radical (unpaired) electrons. The maximum Gasteiger partial charge on any atom is 0.243 e. The third-order valence-corrected chi connectivity index (χ3v) is 6.16. The normalized spacial score (nSPS) is 19.1. The molecule has 1 unspecified atom stereocenters. The largest absolute Gasteiger partial charge is 0.315 e. The molecule has 118 valence electrons. The van der Waals surface area contributed by atoms with Crippen LogP contribution in [-0.2, 0) is 10.0 Å². The summed E-state index contributed by atoms with van der Waals surface area (Å²) >= 11 is 0. The highest BCUT2D eigenvalue weighted by Crippen LogP contribution is 2.25. The van der Waals surface area contributed by atoms with Crippen molar-refractivity contribution in [3.05, 3.63) is 42.5 Å². The van der Waals surface area contributed by atoms with E-state index in [1.165, 1.54) is 0 Å². The summed E-state index contributed by atoms with van der Waals surface area (Å²) in [5.41, 5.74) is 0. The minimum Gasteiger partial charge on any atom is -0.315 e. The molecule has 0 aromatic heterocycles. The topological polar surface area (TPSA) is 49.4 Å². The van der Waals surface area contributed by atoms with E-state index in [2.05, 4.69) is 5.32 Å². The molecule has 1 aliphatic rings. The lowest BCUT2D eigenvalue weighted by Crippen LogP contribution is -2.41. The van der Waals surface area contributed by atoms with E-state index in [1.807, 2.05) is 37.3 Å². The van der Waals surface area contributed by atoms with Gasteiger partial charge in [0, 0.05) is 19.1 Å². The van der Waals surface area contributed by atoms with Crippen molar-refractivity contribution in [2.45, 2.75) is 30.7 Å². The van der Waals surface area contributed by atoms with Crippen molar-refractivity contribution >= 4 is 20.8 Å². The Labute approximate surface area is 132 Å². The minimum absolute atomic E-state index is 0.0661. The lowest BCUT2D eigenvalue weighted by molar-refractivity contribution is 0.335. The lowest BCUT2D eigenvalue weighted by atomic mass is 10.1. The third kappa shape index (κ3) is 2.89. The highest BCUT2D eigenvalue weighted by molar-refractivity contribution is 7.89. The van der Waals surface area contributed by atoms with E-state index in [0.717, 1.165) is 36.7 Å². The second kappa shape index (κ2) is 6.36.